The van der Waals surface area contributed by atoms with Gasteiger partial charge < -0.3 is 14.2 Å². The second kappa shape index (κ2) is 7.68. The lowest BCUT2D eigenvalue weighted by molar-refractivity contribution is 0.0775. The number of carbonyl (C=O) groups is 1. The van der Waals surface area contributed by atoms with Crippen LogP contribution in [0.15, 0.2) is 45.5 Å². The lowest BCUT2D eigenvalue weighted by Gasteiger charge is -2.27. The van der Waals surface area contributed by atoms with Crippen molar-refractivity contribution in [2.45, 2.75) is 33.4 Å². The summed E-state index contributed by atoms with van der Waals surface area (Å²) in [6.45, 7) is 7.85. The maximum Gasteiger partial charge on any atom is 0.254 e. The van der Waals surface area contributed by atoms with E-state index in [0.29, 0.717) is 22.8 Å². The van der Waals surface area contributed by atoms with Gasteiger partial charge in [0.25, 0.3) is 5.91 Å². The number of hydrogen-bond acceptors (Lipinski definition) is 3. The minimum atomic E-state index is -0.0170. The molecule has 4 nitrogen and oxygen atoms in total. The summed E-state index contributed by atoms with van der Waals surface area (Å²) in [6.07, 6.45) is 0. The maximum atomic E-state index is 12.5. The molecule has 1 amide bonds. The van der Waals surface area contributed by atoms with Crippen LogP contribution < -0.4 is 4.90 Å². The number of carbonyl (C=O) groups excluding carboxylic acids is 1. The molecular weight excluding hydrogens is 356 g/mol. The van der Waals surface area contributed by atoms with Gasteiger partial charge in [0, 0.05) is 30.9 Å². The third-order valence-electron chi connectivity index (χ3n) is 3.78. The van der Waals surface area contributed by atoms with E-state index in [9.17, 15) is 4.79 Å². The molecule has 0 N–H and O–H groups in total. The highest BCUT2D eigenvalue weighted by molar-refractivity contribution is 9.10. The van der Waals surface area contributed by atoms with Crippen molar-refractivity contribution in [3.05, 3.63) is 52.4 Å². The summed E-state index contributed by atoms with van der Waals surface area (Å²) in [7, 11) is 1.78. The van der Waals surface area contributed by atoms with Gasteiger partial charge in [-0.15, -0.1) is 0 Å². The summed E-state index contributed by atoms with van der Waals surface area (Å²) < 4.78 is 6.12. The Morgan fingerprint density at radius 1 is 1.17 bits per heavy atom. The molecule has 2 rings (SSSR count). The van der Waals surface area contributed by atoms with E-state index in [1.54, 1.807) is 11.9 Å². The quantitative estimate of drug-likeness (QED) is 0.739. The molecule has 0 saturated carbocycles. The number of halogens is 1. The molecule has 0 spiro atoms. The van der Waals surface area contributed by atoms with Gasteiger partial charge in [-0.3, -0.25) is 4.79 Å². The Morgan fingerprint density at radius 3 is 2.30 bits per heavy atom. The van der Waals surface area contributed by atoms with Gasteiger partial charge in [-0.05, 0) is 73.1 Å². The van der Waals surface area contributed by atoms with Gasteiger partial charge in [-0.1, -0.05) is 0 Å². The minimum absolute atomic E-state index is 0.0170. The van der Waals surface area contributed by atoms with Crippen LogP contribution in [0.5, 0.6) is 0 Å². The third-order valence-corrected chi connectivity index (χ3v) is 4.20. The average Bonchev–Trinajstić information content (AvgIpc) is 2.92. The highest BCUT2D eigenvalue weighted by Gasteiger charge is 2.15. The Hall–Kier alpha value is -1.75. The summed E-state index contributed by atoms with van der Waals surface area (Å²) in [5.74, 6) is 0.734. The highest BCUT2D eigenvalue weighted by Crippen LogP contribution is 2.19. The average molecular weight is 379 g/mol. The Kier molecular flexibility index (Phi) is 5.88. The molecule has 0 aliphatic heterocycles. The number of rotatable bonds is 6. The van der Waals surface area contributed by atoms with Crippen LogP contribution in [0.1, 0.15) is 36.9 Å². The second-order valence-electron chi connectivity index (χ2n) is 5.79. The zero-order valence-electron chi connectivity index (χ0n) is 14.0. The van der Waals surface area contributed by atoms with Crippen LogP contribution in [0.4, 0.5) is 5.69 Å². The van der Waals surface area contributed by atoms with Gasteiger partial charge in [0.05, 0.1) is 6.54 Å². The molecule has 23 heavy (non-hydrogen) atoms. The number of anilines is 1. The Morgan fingerprint density at radius 2 is 1.83 bits per heavy atom. The molecule has 0 radical (unpaired) electrons. The summed E-state index contributed by atoms with van der Waals surface area (Å²) in [4.78, 5) is 16.4. The van der Waals surface area contributed by atoms with Gasteiger partial charge in [-0.25, -0.2) is 0 Å². The highest BCUT2D eigenvalue weighted by atomic mass is 79.9. The molecule has 0 unspecified atom stereocenters. The molecule has 0 saturated heterocycles. The molecule has 0 aliphatic carbocycles. The molecule has 1 aromatic carbocycles. The summed E-state index contributed by atoms with van der Waals surface area (Å²) in [5.41, 5.74) is 1.82. The van der Waals surface area contributed by atoms with Gasteiger partial charge in [-0.2, -0.15) is 0 Å². The number of furan rings is 1. The van der Waals surface area contributed by atoms with Crippen LogP contribution >= 0.6 is 15.9 Å². The first-order chi connectivity index (χ1) is 10.9. The van der Waals surface area contributed by atoms with Crippen molar-refractivity contribution in [2.24, 2.45) is 0 Å². The molecule has 0 atom stereocenters. The zero-order chi connectivity index (χ0) is 17.0. The van der Waals surface area contributed by atoms with Crippen molar-refractivity contribution in [1.82, 2.24) is 4.90 Å². The fourth-order valence-corrected chi connectivity index (χ4v) is 2.94. The summed E-state index contributed by atoms with van der Waals surface area (Å²) in [5, 5.41) is 0. The molecule has 2 aromatic rings. The lowest BCUT2D eigenvalue weighted by atomic mass is 10.1. The van der Waals surface area contributed by atoms with Gasteiger partial charge >= 0.3 is 0 Å². The van der Waals surface area contributed by atoms with Crippen molar-refractivity contribution >= 4 is 27.5 Å². The predicted molar refractivity (Wildman–Crippen MR) is 96.8 cm³/mol. The van der Waals surface area contributed by atoms with Crippen LogP contribution in [-0.2, 0) is 6.54 Å². The lowest BCUT2D eigenvalue weighted by Crippen LogP contribution is -2.30. The first-order valence-electron chi connectivity index (χ1n) is 7.78. The summed E-state index contributed by atoms with van der Waals surface area (Å²) >= 11 is 3.27. The molecular formula is C18H23BrN2O2. The molecule has 0 fully saturated rings. The normalized spacial score (nSPS) is 10.9. The maximum absolute atomic E-state index is 12.5. The van der Waals surface area contributed by atoms with Crippen molar-refractivity contribution in [3.63, 3.8) is 0 Å². The Labute approximate surface area is 146 Å². The van der Waals surface area contributed by atoms with E-state index in [2.05, 4.69) is 41.6 Å². The summed E-state index contributed by atoms with van der Waals surface area (Å²) in [6, 6.07) is 11.9. The van der Waals surface area contributed by atoms with Crippen LogP contribution in [0.2, 0.25) is 0 Å². The fraction of sp³-hybridized carbons (Fsp3) is 0.389. The van der Waals surface area contributed by atoms with Crippen molar-refractivity contribution in [3.8, 4) is 0 Å². The topological polar surface area (TPSA) is 36.7 Å². The van der Waals surface area contributed by atoms with E-state index in [1.807, 2.05) is 36.4 Å². The van der Waals surface area contributed by atoms with Crippen molar-refractivity contribution in [2.75, 3.05) is 18.5 Å². The van der Waals surface area contributed by atoms with Crippen LogP contribution in [0.25, 0.3) is 0 Å². The van der Waals surface area contributed by atoms with Crippen LogP contribution in [0, 0.1) is 0 Å². The first-order valence-corrected chi connectivity index (χ1v) is 8.58. The van der Waals surface area contributed by atoms with Gasteiger partial charge in [0.15, 0.2) is 4.67 Å². The SMILES string of the molecule is CCN(c1ccc(C(=O)N(C)Cc2ccc(Br)o2)cc1)C(C)C. The number of nitrogens with zero attached hydrogens (tertiary/aromatic N) is 2. The second-order valence-corrected chi connectivity index (χ2v) is 6.58. The molecule has 1 heterocycles. The van der Waals surface area contributed by atoms with Crippen molar-refractivity contribution in [1.29, 1.82) is 0 Å². The predicted octanol–water partition coefficient (Wildman–Crippen LogP) is 4.55. The minimum Gasteiger partial charge on any atom is -0.452 e. The Bertz CT molecular complexity index is 649. The number of benzene rings is 1. The van der Waals surface area contributed by atoms with Gasteiger partial charge in [0.2, 0.25) is 0 Å². The largest absolute Gasteiger partial charge is 0.452 e. The van der Waals surface area contributed by atoms with E-state index in [4.69, 9.17) is 4.42 Å². The number of hydrogen-bond donors (Lipinski definition) is 0. The number of amides is 1. The monoisotopic (exact) mass is 378 g/mol. The van der Waals surface area contributed by atoms with E-state index in [-0.39, 0.29) is 5.91 Å². The molecule has 124 valence electrons. The van der Waals surface area contributed by atoms with E-state index in [1.165, 1.54) is 0 Å². The zero-order valence-corrected chi connectivity index (χ0v) is 15.6. The molecule has 0 bridgehead atoms. The van der Waals surface area contributed by atoms with Crippen LogP contribution in [0.3, 0.4) is 0 Å². The molecule has 1 aromatic heterocycles. The third kappa shape index (κ3) is 4.38. The van der Waals surface area contributed by atoms with E-state index >= 15 is 0 Å². The fourth-order valence-electron chi connectivity index (χ4n) is 2.60. The van der Waals surface area contributed by atoms with Crippen LogP contribution in [-0.4, -0.2) is 30.4 Å². The van der Waals surface area contributed by atoms with E-state index in [0.717, 1.165) is 18.0 Å². The van der Waals surface area contributed by atoms with Crippen molar-refractivity contribution < 1.29 is 9.21 Å². The molecule has 5 heteroatoms. The Balaban J connectivity index is 2.07. The van der Waals surface area contributed by atoms with Gasteiger partial charge in [0.1, 0.15) is 5.76 Å². The molecule has 0 aliphatic rings. The van der Waals surface area contributed by atoms with E-state index < -0.39 is 0 Å². The standard InChI is InChI=1S/C18H23BrN2O2/c1-5-21(13(2)3)15-8-6-14(7-9-15)18(22)20(4)12-16-10-11-17(19)23-16/h6-11,13H,5,12H2,1-4H3. The smallest absolute Gasteiger partial charge is 0.254 e. The first kappa shape index (κ1) is 17.6.